The summed E-state index contributed by atoms with van der Waals surface area (Å²) < 4.78 is 14.3. The van der Waals surface area contributed by atoms with Gasteiger partial charge in [0.25, 0.3) is 11.8 Å². The van der Waals surface area contributed by atoms with Crippen molar-refractivity contribution in [2.75, 3.05) is 5.32 Å². The molecule has 3 N–H and O–H groups in total. The molecule has 0 bridgehead atoms. The van der Waals surface area contributed by atoms with Crippen LogP contribution in [0.15, 0.2) is 42.6 Å². The molecule has 0 radical (unpaired) electrons. The second-order valence-corrected chi connectivity index (χ2v) is 7.59. The summed E-state index contributed by atoms with van der Waals surface area (Å²) in [7, 11) is 0. The molecular weight excluding hydrogens is 403 g/mol. The number of benzene rings is 2. The van der Waals surface area contributed by atoms with Crippen LogP contribution in [0, 0.1) is 5.82 Å². The van der Waals surface area contributed by atoms with Gasteiger partial charge in [0.2, 0.25) is 11.8 Å². The Balaban J connectivity index is 1.39. The standard InChI is InChI=1S/C22H17FN4O4/c23-15-4-1-11-7-8-24-19(11)18(15)21(30)25-13-2-3-14-12(9-13)10-27(22(14)31)16-5-6-17(28)26-20(16)29/h1-4,7-9,16,24H,5-6,10H2,(H,25,30)(H,26,28,29). The largest absolute Gasteiger partial charge is 0.360 e. The van der Waals surface area contributed by atoms with Crippen LogP contribution in [0.2, 0.25) is 0 Å². The first-order chi connectivity index (χ1) is 14.9. The number of amides is 4. The number of hydrogen-bond donors (Lipinski definition) is 3. The number of H-pyrrole nitrogens is 1. The zero-order valence-corrected chi connectivity index (χ0v) is 16.2. The van der Waals surface area contributed by atoms with Crippen LogP contribution in [0.3, 0.4) is 0 Å². The smallest absolute Gasteiger partial charge is 0.260 e. The molecule has 0 spiro atoms. The lowest BCUT2D eigenvalue weighted by Gasteiger charge is -2.29. The fraction of sp³-hybridized carbons (Fsp3) is 0.182. The average molecular weight is 420 g/mol. The van der Waals surface area contributed by atoms with Gasteiger partial charge in [0.15, 0.2) is 0 Å². The summed E-state index contributed by atoms with van der Waals surface area (Å²) in [5.74, 6) is -2.39. The van der Waals surface area contributed by atoms with E-state index in [1.807, 2.05) is 0 Å². The molecule has 1 atom stereocenters. The third-order valence-electron chi connectivity index (χ3n) is 5.69. The van der Waals surface area contributed by atoms with E-state index < -0.39 is 23.7 Å². The van der Waals surface area contributed by atoms with Gasteiger partial charge in [-0.1, -0.05) is 0 Å². The SMILES string of the molecule is O=C1CCC(N2Cc3cc(NC(=O)c4c(F)ccc5cc[nH]c45)ccc3C2=O)C(=O)N1. The predicted molar refractivity (Wildman–Crippen MR) is 109 cm³/mol. The second-order valence-electron chi connectivity index (χ2n) is 7.59. The number of carbonyl (C=O) groups is 4. The molecule has 3 heterocycles. The van der Waals surface area contributed by atoms with Crippen molar-refractivity contribution in [2.45, 2.75) is 25.4 Å². The first-order valence-electron chi connectivity index (χ1n) is 9.77. The highest BCUT2D eigenvalue weighted by Gasteiger charge is 2.39. The fourth-order valence-corrected chi connectivity index (χ4v) is 4.17. The third-order valence-corrected chi connectivity index (χ3v) is 5.69. The Morgan fingerprint density at radius 3 is 2.77 bits per heavy atom. The monoisotopic (exact) mass is 420 g/mol. The minimum Gasteiger partial charge on any atom is -0.360 e. The van der Waals surface area contributed by atoms with Crippen molar-refractivity contribution in [1.82, 2.24) is 15.2 Å². The quantitative estimate of drug-likeness (QED) is 0.565. The van der Waals surface area contributed by atoms with Gasteiger partial charge in [-0.3, -0.25) is 24.5 Å². The van der Waals surface area contributed by atoms with Gasteiger partial charge in [-0.25, -0.2) is 4.39 Å². The summed E-state index contributed by atoms with van der Waals surface area (Å²) >= 11 is 0. The number of fused-ring (bicyclic) bond motifs is 2. The molecule has 1 fully saturated rings. The molecule has 4 amide bonds. The van der Waals surface area contributed by atoms with Crippen LogP contribution in [0.1, 0.15) is 39.1 Å². The molecular formula is C22H17FN4O4. The second kappa shape index (κ2) is 7.05. The Morgan fingerprint density at radius 1 is 1.13 bits per heavy atom. The number of nitrogens with one attached hydrogen (secondary N) is 3. The maximum absolute atomic E-state index is 14.3. The lowest BCUT2D eigenvalue weighted by molar-refractivity contribution is -0.136. The number of rotatable bonds is 3. The molecule has 2 aromatic carbocycles. The van der Waals surface area contributed by atoms with E-state index >= 15 is 0 Å². The molecule has 0 saturated carbocycles. The fourth-order valence-electron chi connectivity index (χ4n) is 4.17. The molecule has 1 aromatic heterocycles. The molecule has 1 unspecified atom stereocenters. The van der Waals surface area contributed by atoms with Gasteiger partial charge in [0.05, 0.1) is 11.1 Å². The van der Waals surface area contributed by atoms with Gasteiger partial charge in [0, 0.05) is 35.8 Å². The topological polar surface area (TPSA) is 111 Å². The molecule has 5 rings (SSSR count). The van der Waals surface area contributed by atoms with Crippen molar-refractivity contribution in [3.63, 3.8) is 0 Å². The van der Waals surface area contributed by atoms with Crippen molar-refractivity contribution in [1.29, 1.82) is 0 Å². The molecule has 8 nitrogen and oxygen atoms in total. The lowest BCUT2D eigenvalue weighted by atomic mass is 10.0. The van der Waals surface area contributed by atoms with E-state index in [0.29, 0.717) is 27.7 Å². The molecule has 2 aliphatic heterocycles. The zero-order valence-electron chi connectivity index (χ0n) is 16.2. The number of aromatic nitrogens is 1. The first kappa shape index (κ1) is 19.0. The molecule has 31 heavy (non-hydrogen) atoms. The molecule has 9 heteroatoms. The van der Waals surface area contributed by atoms with Crippen LogP contribution in [0.5, 0.6) is 0 Å². The van der Waals surface area contributed by atoms with Crippen molar-refractivity contribution in [3.05, 3.63) is 65.1 Å². The van der Waals surface area contributed by atoms with Crippen molar-refractivity contribution >= 4 is 40.2 Å². The lowest BCUT2D eigenvalue weighted by Crippen LogP contribution is -2.52. The maximum Gasteiger partial charge on any atom is 0.260 e. The maximum atomic E-state index is 14.3. The summed E-state index contributed by atoms with van der Waals surface area (Å²) in [4.78, 5) is 53.4. The highest BCUT2D eigenvalue weighted by molar-refractivity contribution is 6.12. The number of nitrogens with zero attached hydrogens (tertiary/aromatic N) is 1. The average Bonchev–Trinajstić information content (AvgIpc) is 3.32. The summed E-state index contributed by atoms with van der Waals surface area (Å²) in [5.41, 5.74) is 1.79. The number of aromatic amines is 1. The van der Waals surface area contributed by atoms with Crippen LogP contribution < -0.4 is 10.6 Å². The Labute approximate surface area is 175 Å². The molecule has 1 saturated heterocycles. The summed E-state index contributed by atoms with van der Waals surface area (Å²) in [6, 6.07) is 8.64. The Bertz CT molecular complexity index is 1280. The van der Waals surface area contributed by atoms with E-state index in [4.69, 9.17) is 0 Å². The number of halogens is 1. The van der Waals surface area contributed by atoms with E-state index in [-0.39, 0.29) is 36.8 Å². The Morgan fingerprint density at radius 2 is 1.97 bits per heavy atom. The highest BCUT2D eigenvalue weighted by atomic mass is 19.1. The van der Waals surface area contributed by atoms with E-state index in [2.05, 4.69) is 15.6 Å². The number of piperidine rings is 1. The number of carbonyl (C=O) groups excluding carboxylic acids is 4. The van der Waals surface area contributed by atoms with Crippen LogP contribution in [-0.4, -0.2) is 39.6 Å². The number of anilines is 1. The minimum absolute atomic E-state index is 0.0933. The van der Waals surface area contributed by atoms with Crippen molar-refractivity contribution < 1.29 is 23.6 Å². The number of imide groups is 1. The Hall–Kier alpha value is -4.01. The van der Waals surface area contributed by atoms with E-state index in [0.717, 1.165) is 0 Å². The van der Waals surface area contributed by atoms with Gasteiger partial charge in [0.1, 0.15) is 11.9 Å². The van der Waals surface area contributed by atoms with Gasteiger partial charge in [-0.15, -0.1) is 0 Å². The van der Waals surface area contributed by atoms with Gasteiger partial charge in [-0.05, 0) is 48.4 Å². The molecule has 156 valence electrons. The normalized spacial score (nSPS) is 18.3. The van der Waals surface area contributed by atoms with Crippen molar-refractivity contribution in [2.24, 2.45) is 0 Å². The van der Waals surface area contributed by atoms with Crippen LogP contribution in [0.25, 0.3) is 10.9 Å². The molecule has 2 aliphatic rings. The van der Waals surface area contributed by atoms with E-state index in [9.17, 15) is 23.6 Å². The van der Waals surface area contributed by atoms with E-state index in [1.54, 1.807) is 36.5 Å². The Kier molecular flexibility index (Phi) is 4.32. The molecule has 0 aliphatic carbocycles. The van der Waals surface area contributed by atoms with Crippen LogP contribution in [-0.2, 0) is 16.1 Å². The summed E-state index contributed by atoms with van der Waals surface area (Å²) in [6.45, 7) is 0.185. The highest BCUT2D eigenvalue weighted by Crippen LogP contribution is 2.30. The first-order valence-corrected chi connectivity index (χ1v) is 9.77. The summed E-state index contributed by atoms with van der Waals surface area (Å²) in [6.07, 6.45) is 2.08. The zero-order chi connectivity index (χ0) is 21.7. The number of hydrogen-bond acceptors (Lipinski definition) is 4. The van der Waals surface area contributed by atoms with E-state index in [1.165, 1.54) is 11.0 Å². The predicted octanol–water partition coefficient (Wildman–Crippen LogP) is 2.32. The minimum atomic E-state index is -0.713. The van der Waals surface area contributed by atoms with Gasteiger partial charge in [-0.2, -0.15) is 0 Å². The van der Waals surface area contributed by atoms with Crippen LogP contribution >= 0.6 is 0 Å². The van der Waals surface area contributed by atoms with Gasteiger partial charge < -0.3 is 15.2 Å². The molecule has 3 aromatic rings. The van der Waals surface area contributed by atoms with Gasteiger partial charge >= 0.3 is 0 Å². The third kappa shape index (κ3) is 3.14. The van der Waals surface area contributed by atoms with Crippen molar-refractivity contribution in [3.8, 4) is 0 Å². The summed E-state index contributed by atoms with van der Waals surface area (Å²) in [5, 5.41) is 5.66. The van der Waals surface area contributed by atoms with Crippen LogP contribution in [0.4, 0.5) is 10.1 Å².